The first-order valence-electron chi connectivity index (χ1n) is 10.2. The molecule has 3 N–H and O–H groups in total. The molecule has 0 aliphatic heterocycles. The van der Waals surface area contributed by atoms with Crippen LogP contribution in [0.5, 0.6) is 0 Å². The van der Waals surface area contributed by atoms with E-state index >= 15 is 0 Å². The number of rotatable bonds is 5. The van der Waals surface area contributed by atoms with Crippen molar-refractivity contribution in [3.05, 3.63) is 70.8 Å². The average molecular weight is 375 g/mol. The van der Waals surface area contributed by atoms with Crippen LogP contribution < -0.4 is 11.1 Å². The molecule has 0 aromatic heterocycles. The molecule has 1 fully saturated rings. The number of carbonyl (C=O) groups excluding carboxylic acids is 1. The minimum atomic E-state index is -0.368. The van der Waals surface area contributed by atoms with Gasteiger partial charge in [0.1, 0.15) is 0 Å². The highest BCUT2D eigenvalue weighted by molar-refractivity contribution is 5.94. The lowest BCUT2D eigenvalue weighted by molar-refractivity contribution is 0.0998. The lowest BCUT2D eigenvalue weighted by atomic mass is 9.76. The first kappa shape index (κ1) is 20.2. The van der Waals surface area contributed by atoms with E-state index in [0.717, 1.165) is 36.0 Å². The molecule has 1 saturated carbocycles. The summed E-state index contributed by atoms with van der Waals surface area (Å²) < 4.78 is 0. The third-order valence-corrected chi connectivity index (χ3v) is 5.43. The molecule has 2 aromatic rings. The second-order valence-electron chi connectivity index (χ2n) is 8.17. The summed E-state index contributed by atoms with van der Waals surface area (Å²) in [5.41, 5.74) is 9.22. The quantitative estimate of drug-likeness (QED) is 0.761. The van der Waals surface area contributed by atoms with Gasteiger partial charge in [-0.2, -0.15) is 0 Å². The standard InChI is InChI=1S/C25H30N2O/c1-19(2)27-25(15-7-4-8-16-25)18-22-17-21(13-14-23(22)24(26)28)12-11-20-9-5-3-6-10-20/h3,5-6,9-10,13-14,17,19,27H,4,7-8,15-16,18H2,1-2H3,(H2,26,28). The van der Waals surface area contributed by atoms with E-state index in [2.05, 4.69) is 31.0 Å². The molecule has 1 aliphatic carbocycles. The van der Waals surface area contributed by atoms with E-state index in [-0.39, 0.29) is 11.4 Å². The van der Waals surface area contributed by atoms with Crippen LogP contribution in [0.2, 0.25) is 0 Å². The first-order chi connectivity index (χ1) is 13.5. The third-order valence-electron chi connectivity index (χ3n) is 5.43. The van der Waals surface area contributed by atoms with Crippen molar-refractivity contribution in [3.8, 4) is 11.8 Å². The monoisotopic (exact) mass is 374 g/mol. The lowest BCUT2D eigenvalue weighted by Crippen LogP contribution is -2.51. The molecule has 0 spiro atoms. The van der Waals surface area contributed by atoms with E-state index < -0.39 is 0 Å². The maximum absolute atomic E-state index is 12.0. The number of benzene rings is 2. The molecule has 0 unspecified atom stereocenters. The molecule has 2 aromatic carbocycles. The highest BCUT2D eigenvalue weighted by atomic mass is 16.1. The molecule has 3 heteroatoms. The molecule has 0 atom stereocenters. The van der Waals surface area contributed by atoms with Crippen molar-refractivity contribution in [2.45, 2.75) is 64.0 Å². The summed E-state index contributed by atoms with van der Waals surface area (Å²) in [4.78, 5) is 12.0. The molecular formula is C25H30N2O. The Morgan fingerprint density at radius 2 is 1.71 bits per heavy atom. The fraction of sp³-hybridized carbons (Fsp3) is 0.400. The minimum absolute atomic E-state index is 0.0299. The van der Waals surface area contributed by atoms with E-state index in [1.165, 1.54) is 19.3 Å². The predicted octanol–water partition coefficient (Wildman–Crippen LogP) is 4.43. The Hall–Kier alpha value is -2.57. The summed E-state index contributed by atoms with van der Waals surface area (Å²) in [5.74, 6) is 6.07. The maximum Gasteiger partial charge on any atom is 0.248 e. The average Bonchev–Trinajstić information content (AvgIpc) is 2.67. The molecule has 0 bridgehead atoms. The molecule has 28 heavy (non-hydrogen) atoms. The Labute approximate surface area is 168 Å². The molecule has 3 nitrogen and oxygen atoms in total. The van der Waals surface area contributed by atoms with Gasteiger partial charge in [-0.3, -0.25) is 4.79 Å². The molecule has 3 rings (SSSR count). The van der Waals surface area contributed by atoms with Gasteiger partial charge in [0.15, 0.2) is 0 Å². The van der Waals surface area contributed by atoms with E-state index in [0.29, 0.717) is 11.6 Å². The van der Waals surface area contributed by atoms with E-state index in [4.69, 9.17) is 5.73 Å². The van der Waals surface area contributed by atoms with Crippen molar-refractivity contribution in [2.24, 2.45) is 5.73 Å². The summed E-state index contributed by atoms with van der Waals surface area (Å²) in [6.07, 6.45) is 6.79. The zero-order valence-electron chi connectivity index (χ0n) is 16.9. The number of hydrogen-bond acceptors (Lipinski definition) is 2. The van der Waals surface area contributed by atoms with Gasteiger partial charge in [-0.05, 0) is 55.2 Å². The predicted molar refractivity (Wildman–Crippen MR) is 115 cm³/mol. The summed E-state index contributed by atoms with van der Waals surface area (Å²) in [6.45, 7) is 4.38. The minimum Gasteiger partial charge on any atom is -0.366 e. The number of nitrogens with one attached hydrogen (secondary N) is 1. The first-order valence-corrected chi connectivity index (χ1v) is 10.2. The van der Waals surface area contributed by atoms with Crippen molar-refractivity contribution < 1.29 is 4.79 Å². The van der Waals surface area contributed by atoms with Crippen molar-refractivity contribution >= 4 is 5.91 Å². The van der Waals surface area contributed by atoms with Gasteiger partial charge in [0, 0.05) is 28.3 Å². The maximum atomic E-state index is 12.0. The van der Waals surface area contributed by atoms with Gasteiger partial charge in [0.2, 0.25) is 5.91 Å². The third kappa shape index (κ3) is 5.24. The Balaban J connectivity index is 1.93. The molecule has 1 amide bonds. The van der Waals surface area contributed by atoms with Gasteiger partial charge in [0.25, 0.3) is 0 Å². The van der Waals surface area contributed by atoms with Gasteiger partial charge in [-0.25, -0.2) is 0 Å². The van der Waals surface area contributed by atoms with Crippen LogP contribution in [0.3, 0.4) is 0 Å². The zero-order chi connectivity index (χ0) is 20.0. The second-order valence-corrected chi connectivity index (χ2v) is 8.17. The molecule has 1 aliphatic rings. The van der Waals surface area contributed by atoms with Crippen LogP contribution in [0, 0.1) is 11.8 Å². The van der Waals surface area contributed by atoms with Crippen molar-refractivity contribution in [1.82, 2.24) is 5.32 Å². The van der Waals surface area contributed by atoms with E-state index in [1.54, 1.807) is 0 Å². The molecule has 0 radical (unpaired) electrons. The Morgan fingerprint density at radius 3 is 2.36 bits per heavy atom. The van der Waals surface area contributed by atoms with Crippen LogP contribution >= 0.6 is 0 Å². The summed E-state index contributed by atoms with van der Waals surface area (Å²) in [5, 5.41) is 3.80. The number of hydrogen-bond donors (Lipinski definition) is 2. The van der Waals surface area contributed by atoms with Crippen LogP contribution in [0.4, 0.5) is 0 Å². The SMILES string of the molecule is CC(C)NC1(Cc2cc(C#Cc3ccccc3)ccc2C(N)=O)CCCCC1. The number of carbonyl (C=O) groups is 1. The summed E-state index contributed by atoms with van der Waals surface area (Å²) in [6, 6.07) is 16.1. The van der Waals surface area contributed by atoms with E-state index in [1.807, 2.05) is 48.5 Å². The Morgan fingerprint density at radius 1 is 1.04 bits per heavy atom. The summed E-state index contributed by atoms with van der Waals surface area (Å²) in [7, 11) is 0. The topological polar surface area (TPSA) is 55.1 Å². The van der Waals surface area contributed by atoms with Crippen LogP contribution in [0.1, 0.15) is 73.0 Å². The van der Waals surface area contributed by atoms with Gasteiger partial charge in [0.05, 0.1) is 0 Å². The van der Waals surface area contributed by atoms with Crippen LogP contribution in [-0.4, -0.2) is 17.5 Å². The van der Waals surface area contributed by atoms with Crippen molar-refractivity contribution in [2.75, 3.05) is 0 Å². The Kier molecular flexibility index (Phi) is 6.54. The molecule has 0 saturated heterocycles. The highest BCUT2D eigenvalue weighted by Crippen LogP contribution is 2.33. The van der Waals surface area contributed by atoms with Gasteiger partial charge in [-0.1, -0.05) is 63.1 Å². The smallest absolute Gasteiger partial charge is 0.248 e. The normalized spacial score (nSPS) is 15.7. The second kappa shape index (κ2) is 9.08. The van der Waals surface area contributed by atoms with Gasteiger partial charge >= 0.3 is 0 Å². The van der Waals surface area contributed by atoms with Crippen LogP contribution in [0.25, 0.3) is 0 Å². The van der Waals surface area contributed by atoms with Crippen LogP contribution in [-0.2, 0) is 6.42 Å². The molecular weight excluding hydrogens is 344 g/mol. The Bertz CT molecular complexity index is 868. The molecule has 146 valence electrons. The number of primary amides is 1. The lowest BCUT2D eigenvalue weighted by Gasteiger charge is -2.40. The number of amides is 1. The molecule has 0 heterocycles. The van der Waals surface area contributed by atoms with Crippen molar-refractivity contribution in [1.29, 1.82) is 0 Å². The highest BCUT2D eigenvalue weighted by Gasteiger charge is 2.33. The van der Waals surface area contributed by atoms with Crippen molar-refractivity contribution in [3.63, 3.8) is 0 Å². The van der Waals surface area contributed by atoms with Crippen LogP contribution in [0.15, 0.2) is 48.5 Å². The van der Waals surface area contributed by atoms with Gasteiger partial charge in [-0.15, -0.1) is 0 Å². The van der Waals surface area contributed by atoms with Gasteiger partial charge < -0.3 is 11.1 Å². The van der Waals surface area contributed by atoms with E-state index in [9.17, 15) is 4.79 Å². The zero-order valence-corrected chi connectivity index (χ0v) is 16.9. The largest absolute Gasteiger partial charge is 0.366 e. The fourth-order valence-electron chi connectivity index (χ4n) is 4.30. The fourth-order valence-corrected chi connectivity index (χ4v) is 4.30. The summed E-state index contributed by atoms with van der Waals surface area (Å²) >= 11 is 0. The number of nitrogens with two attached hydrogens (primary N) is 1.